The van der Waals surface area contributed by atoms with Crippen LogP contribution in [0.4, 0.5) is 127 Å². The van der Waals surface area contributed by atoms with Gasteiger partial charge in [0.25, 0.3) is 0 Å². The van der Waals surface area contributed by atoms with Crippen molar-refractivity contribution in [3.05, 3.63) is 211 Å². The van der Waals surface area contributed by atoms with Crippen LogP contribution in [0.15, 0.2) is 225 Å². The Kier molecular flexibility index (Phi) is 32.2. The molecule has 38 nitrogen and oxygen atoms in total. The van der Waals surface area contributed by atoms with Gasteiger partial charge in [-0.05, 0) is 180 Å². The van der Waals surface area contributed by atoms with Crippen LogP contribution in [0.2, 0.25) is 5.02 Å². The van der Waals surface area contributed by atoms with Crippen molar-refractivity contribution in [1.29, 1.82) is 19.1 Å². The van der Waals surface area contributed by atoms with Gasteiger partial charge in [0.1, 0.15) is 0 Å². The average molecular weight is 2040 g/mol. The van der Waals surface area contributed by atoms with Gasteiger partial charge in [-0.3, -0.25) is 0 Å². The maximum Gasteiger partial charge on any atom is 0.416 e. The zero-order valence-electron chi connectivity index (χ0n) is 77.7. The molecule has 0 spiro atoms. The number of nitrogens with zero attached hydrogens (tertiary/aromatic N) is 16. The van der Waals surface area contributed by atoms with E-state index in [2.05, 4.69) is 115 Å². The number of hydrogen-bond donors (Lipinski definition) is 14. The molecule has 11 aromatic rings. The third kappa shape index (κ3) is 26.5. The predicted molar refractivity (Wildman–Crippen MR) is 550 cm³/mol. The summed E-state index contributed by atoms with van der Waals surface area (Å²) in [5.74, 6) is 5.68. The lowest BCUT2D eigenvalue weighted by Gasteiger charge is -2.36. The molecule has 4 amide bonds. The number of hydrogen-bond acceptors (Lipinski definition) is 33. The molecule has 4 unspecified atom stereocenters. The summed E-state index contributed by atoms with van der Waals surface area (Å²) in [5.41, 5.74) is 6.24. The van der Waals surface area contributed by atoms with Crippen molar-refractivity contribution < 1.29 is 48.0 Å². The summed E-state index contributed by atoms with van der Waals surface area (Å²) in [6.45, 7) is 12.2. The Labute approximate surface area is 824 Å². The van der Waals surface area contributed by atoms with Gasteiger partial charge in [-0.1, -0.05) is 66.2 Å². The van der Waals surface area contributed by atoms with Gasteiger partial charge in [0.15, 0.2) is 23.3 Å². The van der Waals surface area contributed by atoms with Crippen LogP contribution in [0, 0.1) is 19.1 Å². The van der Waals surface area contributed by atoms with Crippen LogP contribution in [0.5, 0.6) is 0 Å². The Bertz CT molecular complexity index is 6890. The fourth-order valence-electron chi connectivity index (χ4n) is 16.8. The summed E-state index contributed by atoms with van der Waals surface area (Å²) in [6, 6.07) is 48.1. The molecule has 141 heavy (non-hydrogen) atoms. The molecule has 0 saturated carbocycles. The molecule has 47 heteroatoms. The van der Waals surface area contributed by atoms with Crippen molar-refractivity contribution in [1.82, 2.24) is 58.9 Å². The standard InChI is InChI=1S/C26H29F3N8O2S.C25H30N8O2S.C24H28ClN7O3S2.C19H27N7OS/c27-26(28,29)18-5-3-6-19(15-18)34-25(38)37-12-10-36(11-13-37)22-17-32-24-33-20-7-4-8-21(16-20)40(30,39)14-2-1-9-31-23(22)35-24;26-36(35)16-5-4-11-27-23-22(18-28-24(31-23)29-20-9-6-10-21(36)17-20)32-12-14-33(15-13-32)25(34)30-19-7-2-1-3-8-19;25-18-5-3-8-21(15-18)37(34,35)32-12-10-31(11-13-32)22-17-28-24-29-19-6-4-7-20(16-19)36(26,33)14-2-1-9-27-23(22)30-24;1-25-8-10-26(11-9-25)17-14-22-19-23-15-5-4-6-16(13-15)28(20,27)12-3-2-7-21-18(17)24-19/h3-8,15-17,30H,1-2,9-14H2,(H,34,38)(H2,31,32,33,35);1-3,6-10,17-18,26H,4-5,11-16H2,(H,30,34)(H2,27,28,29,31);3-8,15-17,26H,1-2,9-14H2,(H2,27,28,29,30);4-6,13-14,20H,2-3,7-12H2,1H3,(H2,21,22,23,24). The Balaban J connectivity index is 0.000000136. The van der Waals surface area contributed by atoms with Crippen LogP contribution in [0.1, 0.15) is 56.9 Å². The van der Waals surface area contributed by atoms with Gasteiger partial charge in [0.05, 0.1) is 96.9 Å². The highest BCUT2D eigenvalue weighted by atomic mass is 35.5. The molecule has 0 aliphatic carbocycles. The van der Waals surface area contributed by atoms with E-state index in [-0.39, 0.29) is 28.1 Å². The third-order valence-corrected chi connectivity index (χ3v) is 34.3. The maximum atomic E-state index is 13.1. The summed E-state index contributed by atoms with van der Waals surface area (Å²) < 4.78 is 151. The summed E-state index contributed by atoms with van der Waals surface area (Å²) >= 11 is 6.01. The zero-order chi connectivity index (χ0) is 98.9. The van der Waals surface area contributed by atoms with E-state index in [1.165, 1.54) is 22.5 Å². The van der Waals surface area contributed by atoms with E-state index in [4.69, 9.17) is 40.7 Å². The van der Waals surface area contributed by atoms with E-state index in [9.17, 15) is 48.0 Å². The predicted octanol–water partition coefficient (Wildman–Crippen LogP) is 16.0. The largest absolute Gasteiger partial charge is 0.416 e. The molecule has 19 rings (SSSR count). The first-order valence-electron chi connectivity index (χ1n) is 46.6. The van der Waals surface area contributed by atoms with Crippen LogP contribution >= 0.6 is 11.6 Å². The van der Waals surface area contributed by atoms with Crippen molar-refractivity contribution in [2.75, 3.05) is 234 Å². The fraction of sp³-hybridized carbons (Fsp3) is 0.362. The number of piperazine rings is 4. The maximum absolute atomic E-state index is 13.1. The topological polar surface area (TPSA) is 481 Å². The van der Waals surface area contributed by atoms with E-state index in [0.717, 1.165) is 116 Å². The summed E-state index contributed by atoms with van der Waals surface area (Å²) in [4.78, 5) is 78.7. The number of nitrogens with one attached hydrogen (secondary N) is 14. The zero-order valence-corrected chi connectivity index (χ0v) is 82.5. The van der Waals surface area contributed by atoms with Crippen LogP contribution in [-0.4, -0.2) is 257 Å². The second-order valence-electron chi connectivity index (χ2n) is 34.8. The number of aromatic nitrogens is 8. The number of para-hydroxylation sites is 1. The second kappa shape index (κ2) is 45.1. The first-order chi connectivity index (χ1) is 67.8. The minimum atomic E-state index is -4.49. The van der Waals surface area contributed by atoms with Crippen LogP contribution in [0.25, 0.3) is 0 Å². The Morgan fingerprint density at radius 2 is 0.688 bits per heavy atom. The van der Waals surface area contributed by atoms with Gasteiger partial charge in [0, 0.05) is 213 Å². The molecule has 16 bridgehead atoms. The lowest BCUT2D eigenvalue weighted by Crippen LogP contribution is -2.50. The average Bonchev–Trinajstić information content (AvgIpc) is 0.992. The monoisotopic (exact) mass is 2040 g/mol. The molecule has 746 valence electrons. The van der Waals surface area contributed by atoms with E-state index in [0.29, 0.717) is 212 Å². The Morgan fingerprint density at radius 1 is 0.376 bits per heavy atom. The molecule has 8 aliphatic rings. The molecule has 4 fully saturated rings. The lowest BCUT2D eigenvalue weighted by atomic mass is 10.2. The number of carbonyl (C=O) groups is 2. The van der Waals surface area contributed by atoms with Crippen molar-refractivity contribution >= 4 is 177 Å². The highest BCUT2D eigenvalue weighted by Crippen LogP contribution is 2.37. The quantitative estimate of drug-likeness (QED) is 0.0672. The normalized spacial score (nSPS) is 20.9. The lowest BCUT2D eigenvalue weighted by molar-refractivity contribution is -0.137. The van der Waals surface area contributed by atoms with Crippen molar-refractivity contribution in [3.8, 4) is 0 Å². The number of carbonyl (C=O) groups excluding carboxylic acids is 2. The number of rotatable bonds is 8. The molecule has 0 radical (unpaired) electrons. The van der Waals surface area contributed by atoms with Gasteiger partial charge in [-0.2, -0.15) is 37.4 Å². The number of halogens is 4. The van der Waals surface area contributed by atoms with Crippen LogP contribution < -0.4 is 72.8 Å². The molecular weight excluding hydrogens is 1930 g/mol. The Morgan fingerprint density at radius 3 is 1.03 bits per heavy atom. The summed E-state index contributed by atoms with van der Waals surface area (Å²) in [7, 11) is -12.9. The molecule has 4 atom stereocenters. The van der Waals surface area contributed by atoms with Gasteiger partial charge in [-0.25, -0.2) is 73.9 Å². The first kappa shape index (κ1) is 101. The molecule has 12 heterocycles. The minimum Gasteiger partial charge on any atom is -0.368 e. The number of urea groups is 2. The van der Waals surface area contributed by atoms with Crippen molar-refractivity contribution in [2.24, 2.45) is 0 Å². The molecular formula is C94H114ClF3N30O8S5. The van der Waals surface area contributed by atoms with Crippen molar-refractivity contribution in [2.45, 2.75) is 82.0 Å². The molecule has 7 aromatic carbocycles. The number of amides is 4. The van der Waals surface area contributed by atoms with E-state index in [1.54, 1.807) is 114 Å². The van der Waals surface area contributed by atoms with Crippen LogP contribution in [0.3, 0.4) is 0 Å². The number of likely N-dealkylation sites (N-methyl/N-ethyl adjacent to an activating group) is 1. The second-order valence-corrected chi connectivity index (χ2v) is 46.1. The van der Waals surface area contributed by atoms with E-state index < -0.39 is 66.7 Å². The molecule has 4 saturated heterocycles. The minimum absolute atomic E-state index is 0.0842. The highest BCUT2D eigenvalue weighted by molar-refractivity contribution is 7.93. The Hall–Kier alpha value is -13.3. The van der Waals surface area contributed by atoms with Crippen molar-refractivity contribution in [3.63, 3.8) is 0 Å². The third-order valence-electron chi connectivity index (χ3n) is 24.7. The summed E-state index contributed by atoms with van der Waals surface area (Å²) in [6.07, 6.45) is 8.31. The van der Waals surface area contributed by atoms with Gasteiger partial charge < -0.3 is 87.5 Å². The highest BCUT2D eigenvalue weighted by Gasteiger charge is 2.35. The number of alkyl halides is 3. The summed E-state index contributed by atoms with van der Waals surface area (Å²) in [5, 5.41) is 32.1. The molecule has 4 aromatic heterocycles. The number of anilines is 18. The first-order valence-corrected chi connectivity index (χ1v) is 55.3. The number of benzene rings is 7. The molecule has 14 N–H and O–H groups in total. The SMILES string of the molecule is CN1CCN(c2cnc3nc2NCCCCS(=N)(=O)c2cccc(c2)N3)CC1.N=S1(=O)CCCCNc2nc(ncc2N2CCN(C(=O)Nc3cccc(C(F)(F)F)c3)CC2)Nc2cccc1c2.N=S1(=O)CCCCNc2nc(ncc2N2CCN(C(=O)Nc3ccccc3)CC2)Nc2cccc1c2.N=S1(=O)CCCCNc2nc(ncc2N2CCN(S(=O)(=O)c3cccc(Cl)c3)CC2)Nc2cccc1c2. The number of sulfonamides is 1. The smallest absolute Gasteiger partial charge is 0.368 e. The number of fused-ring (bicyclic) bond motifs is 16. The van der Waals surface area contributed by atoms with Gasteiger partial charge >= 0.3 is 18.2 Å². The van der Waals surface area contributed by atoms with Gasteiger partial charge in [-0.15, -0.1) is 0 Å². The fourth-order valence-corrected chi connectivity index (χ4v) is 24.4. The van der Waals surface area contributed by atoms with E-state index >= 15 is 0 Å². The van der Waals surface area contributed by atoms with Gasteiger partial charge in [0.2, 0.25) is 33.8 Å². The van der Waals surface area contributed by atoms with Crippen LogP contribution in [-0.2, 0) is 55.1 Å². The molecule has 8 aliphatic heterocycles. The van der Waals surface area contributed by atoms with E-state index in [1.807, 2.05) is 65.7 Å².